The molecule has 0 saturated heterocycles. The highest BCUT2D eigenvalue weighted by atomic mass is 32.1. The highest BCUT2D eigenvalue weighted by Crippen LogP contribution is 2.17. The van der Waals surface area contributed by atoms with E-state index in [1.165, 1.54) is 11.3 Å². The van der Waals surface area contributed by atoms with Gasteiger partial charge in [-0.25, -0.2) is 4.79 Å². The number of rotatable bonds is 9. The number of amides is 2. The Morgan fingerprint density at radius 2 is 2.05 bits per heavy atom. The number of unbranched alkanes of at least 4 members (excludes halogenated alkanes) is 2. The van der Waals surface area contributed by atoms with Crippen molar-refractivity contribution < 1.29 is 14.3 Å². The molecule has 0 spiro atoms. The largest absolute Gasteiger partial charge is 0.463 e. The summed E-state index contributed by atoms with van der Waals surface area (Å²) in [6.07, 6.45) is 4.28. The van der Waals surface area contributed by atoms with E-state index in [0.717, 1.165) is 30.7 Å². The molecule has 0 aromatic carbocycles. The first-order chi connectivity index (χ1) is 10.5. The lowest BCUT2D eigenvalue weighted by molar-refractivity contribution is -0.147. The number of carbonyl (C=O) groups excluding carboxylic acids is 2. The van der Waals surface area contributed by atoms with Crippen molar-refractivity contribution in [2.75, 3.05) is 11.9 Å². The molecule has 0 aliphatic rings. The molecule has 1 aromatic heterocycles. The minimum atomic E-state index is -0.395. The minimum absolute atomic E-state index is 0.143. The van der Waals surface area contributed by atoms with Crippen molar-refractivity contribution in [3.05, 3.63) is 5.01 Å². The van der Waals surface area contributed by atoms with Crippen LogP contribution in [0, 0.1) is 0 Å². The molecule has 1 heterocycles. The van der Waals surface area contributed by atoms with Gasteiger partial charge in [-0.1, -0.05) is 31.1 Å². The first-order valence-corrected chi connectivity index (χ1v) is 8.39. The fraction of sp³-hybridized carbons (Fsp3) is 0.714. The van der Waals surface area contributed by atoms with Gasteiger partial charge in [0.15, 0.2) is 0 Å². The minimum Gasteiger partial charge on any atom is -0.463 e. The van der Waals surface area contributed by atoms with Crippen LogP contribution >= 0.6 is 11.3 Å². The average molecular weight is 328 g/mol. The lowest BCUT2D eigenvalue weighted by Gasteiger charge is -2.08. The number of nitrogens with zero attached hydrogens (tertiary/aromatic N) is 2. The van der Waals surface area contributed by atoms with Crippen molar-refractivity contribution >= 4 is 28.5 Å². The van der Waals surface area contributed by atoms with Crippen molar-refractivity contribution in [2.24, 2.45) is 0 Å². The van der Waals surface area contributed by atoms with Gasteiger partial charge in [0.1, 0.15) is 5.01 Å². The standard InChI is InChI=1S/C14H24N4O3S/c1-4-5-6-7-11-17-18-14(22-11)16-13(20)15-9-8-12(19)21-10(2)3/h10H,4-9H2,1-3H3,(H2,15,16,18,20). The van der Waals surface area contributed by atoms with E-state index in [-0.39, 0.29) is 25.0 Å². The van der Waals surface area contributed by atoms with Gasteiger partial charge in [-0.05, 0) is 20.3 Å². The molecule has 0 saturated carbocycles. The molecule has 22 heavy (non-hydrogen) atoms. The van der Waals surface area contributed by atoms with Gasteiger partial charge in [-0.3, -0.25) is 10.1 Å². The van der Waals surface area contributed by atoms with E-state index < -0.39 is 6.03 Å². The molecule has 0 radical (unpaired) electrons. The molecule has 0 aliphatic carbocycles. The Morgan fingerprint density at radius 3 is 2.73 bits per heavy atom. The third kappa shape index (κ3) is 7.92. The van der Waals surface area contributed by atoms with Gasteiger partial charge < -0.3 is 10.1 Å². The van der Waals surface area contributed by atoms with Gasteiger partial charge in [0.25, 0.3) is 0 Å². The third-order valence-electron chi connectivity index (χ3n) is 2.66. The molecule has 124 valence electrons. The number of hydrogen-bond acceptors (Lipinski definition) is 6. The van der Waals surface area contributed by atoms with Crippen molar-refractivity contribution in [3.63, 3.8) is 0 Å². The first kappa shape index (κ1) is 18.3. The van der Waals surface area contributed by atoms with Crippen LogP contribution in [0.3, 0.4) is 0 Å². The summed E-state index contributed by atoms with van der Waals surface area (Å²) in [7, 11) is 0. The Labute approximate surface area is 134 Å². The lowest BCUT2D eigenvalue weighted by atomic mass is 10.2. The fourth-order valence-corrected chi connectivity index (χ4v) is 2.45. The summed E-state index contributed by atoms with van der Waals surface area (Å²) in [6.45, 7) is 5.94. The zero-order valence-corrected chi connectivity index (χ0v) is 14.2. The molecule has 0 aliphatic heterocycles. The molecular weight excluding hydrogens is 304 g/mol. The van der Waals surface area contributed by atoms with Crippen LogP contribution in [-0.4, -0.2) is 34.8 Å². The molecule has 7 nitrogen and oxygen atoms in total. The number of aryl methyl sites for hydroxylation is 1. The molecule has 0 bridgehead atoms. The first-order valence-electron chi connectivity index (χ1n) is 7.58. The summed E-state index contributed by atoms with van der Waals surface area (Å²) in [5.41, 5.74) is 0. The Morgan fingerprint density at radius 1 is 1.27 bits per heavy atom. The maximum absolute atomic E-state index is 11.7. The number of anilines is 1. The molecule has 0 fully saturated rings. The summed E-state index contributed by atoms with van der Waals surface area (Å²) >= 11 is 1.37. The van der Waals surface area contributed by atoms with Crippen molar-refractivity contribution in [1.82, 2.24) is 15.5 Å². The Kier molecular flexibility index (Phi) is 8.42. The Balaban J connectivity index is 2.23. The SMILES string of the molecule is CCCCCc1nnc(NC(=O)NCCC(=O)OC(C)C)s1. The van der Waals surface area contributed by atoms with E-state index in [1.54, 1.807) is 13.8 Å². The molecule has 0 unspecified atom stereocenters. The van der Waals surface area contributed by atoms with E-state index >= 15 is 0 Å². The normalized spacial score (nSPS) is 10.5. The second-order valence-electron chi connectivity index (χ2n) is 5.13. The molecule has 1 rings (SSSR count). The second kappa shape index (κ2) is 10.1. The van der Waals surface area contributed by atoms with Gasteiger partial charge in [0.05, 0.1) is 12.5 Å². The number of nitrogens with one attached hydrogen (secondary N) is 2. The third-order valence-corrected chi connectivity index (χ3v) is 3.56. The fourth-order valence-electron chi connectivity index (χ4n) is 1.67. The van der Waals surface area contributed by atoms with Crippen LogP contribution in [-0.2, 0) is 16.0 Å². The van der Waals surface area contributed by atoms with Crippen LogP contribution in [0.1, 0.15) is 51.5 Å². The summed E-state index contributed by atoms with van der Waals surface area (Å²) in [6, 6.07) is -0.395. The van der Waals surface area contributed by atoms with E-state index in [4.69, 9.17) is 4.74 Å². The van der Waals surface area contributed by atoms with Gasteiger partial charge in [-0.2, -0.15) is 0 Å². The average Bonchev–Trinajstić information content (AvgIpc) is 2.85. The highest BCUT2D eigenvalue weighted by molar-refractivity contribution is 7.15. The Hall–Kier alpha value is -1.70. The van der Waals surface area contributed by atoms with Gasteiger partial charge >= 0.3 is 12.0 Å². The predicted molar refractivity (Wildman–Crippen MR) is 86.0 cm³/mol. The van der Waals surface area contributed by atoms with Crippen molar-refractivity contribution in [1.29, 1.82) is 0 Å². The van der Waals surface area contributed by atoms with Crippen LogP contribution in [0.4, 0.5) is 9.93 Å². The number of ether oxygens (including phenoxy) is 1. The number of aromatic nitrogens is 2. The zero-order valence-electron chi connectivity index (χ0n) is 13.3. The molecule has 0 atom stereocenters. The summed E-state index contributed by atoms with van der Waals surface area (Å²) < 4.78 is 4.97. The van der Waals surface area contributed by atoms with E-state index in [2.05, 4.69) is 27.8 Å². The van der Waals surface area contributed by atoms with E-state index in [1.807, 2.05) is 0 Å². The quantitative estimate of drug-likeness (QED) is 0.537. The summed E-state index contributed by atoms with van der Waals surface area (Å²) in [5, 5.41) is 14.5. The summed E-state index contributed by atoms with van der Waals surface area (Å²) in [4.78, 5) is 23.0. The van der Waals surface area contributed by atoms with E-state index in [0.29, 0.717) is 5.13 Å². The molecule has 8 heteroatoms. The molecule has 2 amide bonds. The maximum atomic E-state index is 11.7. The number of hydrogen-bond donors (Lipinski definition) is 2. The van der Waals surface area contributed by atoms with Crippen LogP contribution in [0.5, 0.6) is 0 Å². The van der Waals surface area contributed by atoms with E-state index in [9.17, 15) is 9.59 Å². The molecule has 1 aromatic rings. The number of carbonyl (C=O) groups is 2. The molecule has 2 N–H and O–H groups in total. The monoisotopic (exact) mass is 328 g/mol. The van der Waals surface area contributed by atoms with Crippen molar-refractivity contribution in [3.8, 4) is 0 Å². The lowest BCUT2D eigenvalue weighted by Crippen LogP contribution is -2.31. The van der Waals surface area contributed by atoms with Gasteiger partial charge in [-0.15, -0.1) is 10.2 Å². The zero-order chi connectivity index (χ0) is 16.4. The van der Waals surface area contributed by atoms with Crippen LogP contribution in [0.25, 0.3) is 0 Å². The highest BCUT2D eigenvalue weighted by Gasteiger charge is 2.09. The number of esters is 1. The topological polar surface area (TPSA) is 93.2 Å². The smallest absolute Gasteiger partial charge is 0.321 e. The van der Waals surface area contributed by atoms with Gasteiger partial charge in [0, 0.05) is 13.0 Å². The molecular formula is C14H24N4O3S. The van der Waals surface area contributed by atoms with Crippen LogP contribution in [0.15, 0.2) is 0 Å². The maximum Gasteiger partial charge on any atom is 0.321 e. The van der Waals surface area contributed by atoms with Crippen molar-refractivity contribution in [2.45, 2.75) is 59.0 Å². The van der Waals surface area contributed by atoms with Gasteiger partial charge in [0.2, 0.25) is 5.13 Å². The van der Waals surface area contributed by atoms with Crippen LogP contribution in [0.2, 0.25) is 0 Å². The number of urea groups is 1. The van der Waals surface area contributed by atoms with Crippen LogP contribution < -0.4 is 10.6 Å². The Bertz CT molecular complexity index is 476. The predicted octanol–water partition coefficient (Wildman–Crippen LogP) is 2.73. The second-order valence-corrected chi connectivity index (χ2v) is 6.19. The summed E-state index contributed by atoms with van der Waals surface area (Å²) in [5.74, 6) is -0.329.